The van der Waals surface area contributed by atoms with Crippen LogP contribution in [0.5, 0.6) is 0 Å². The van der Waals surface area contributed by atoms with Crippen molar-refractivity contribution in [2.45, 2.75) is 0 Å². The van der Waals surface area contributed by atoms with E-state index < -0.39 is 0 Å². The molecule has 3 rings (SSSR count). The number of benzene rings is 1. The van der Waals surface area contributed by atoms with Crippen molar-refractivity contribution >= 4 is 78.8 Å². The summed E-state index contributed by atoms with van der Waals surface area (Å²) in [5.74, 6) is 0.325. The van der Waals surface area contributed by atoms with E-state index in [0.717, 1.165) is 9.86 Å². The molecule has 0 atom stereocenters. The van der Waals surface area contributed by atoms with Crippen molar-refractivity contribution in [3.8, 4) is 0 Å². The number of furan rings is 1. The minimum Gasteiger partial charge on any atom is -0.455 e. The van der Waals surface area contributed by atoms with E-state index in [9.17, 15) is 4.79 Å². The van der Waals surface area contributed by atoms with Gasteiger partial charge in [0.15, 0.2) is 0 Å². The van der Waals surface area contributed by atoms with Crippen molar-refractivity contribution in [2.75, 3.05) is 7.05 Å². The van der Waals surface area contributed by atoms with Crippen LogP contribution in [0.15, 0.2) is 32.0 Å². The fourth-order valence-electron chi connectivity index (χ4n) is 1.82. The van der Waals surface area contributed by atoms with E-state index in [0.29, 0.717) is 25.6 Å². The molecule has 1 aromatic heterocycles. The summed E-state index contributed by atoms with van der Waals surface area (Å²) < 4.78 is 7.12. The number of fused-ring (bicyclic) bond motifs is 1. The fourth-order valence-corrected chi connectivity index (χ4v) is 3.57. The van der Waals surface area contributed by atoms with Crippen LogP contribution >= 0.6 is 51.5 Å². The molecule has 1 aliphatic heterocycles. The van der Waals surface area contributed by atoms with Crippen LogP contribution in [0.4, 0.5) is 0 Å². The first kappa shape index (κ1) is 14.1. The fraction of sp³-hybridized carbons (Fsp3) is 0.0769. The molecular weight excluding hydrogens is 382 g/mol. The third-order valence-electron chi connectivity index (χ3n) is 2.86. The number of nitrogens with zero attached hydrogens (tertiary/aromatic N) is 1. The second kappa shape index (κ2) is 5.18. The van der Waals surface area contributed by atoms with E-state index in [1.807, 2.05) is 18.2 Å². The van der Waals surface area contributed by atoms with E-state index in [2.05, 4.69) is 15.9 Å². The zero-order valence-electron chi connectivity index (χ0n) is 10.1. The smallest absolute Gasteiger partial charge is 0.266 e. The van der Waals surface area contributed by atoms with Crippen LogP contribution in [-0.4, -0.2) is 22.2 Å². The molecule has 2 aromatic rings. The van der Waals surface area contributed by atoms with E-state index >= 15 is 0 Å². The summed E-state index contributed by atoms with van der Waals surface area (Å²) in [6, 6.07) is 5.58. The lowest BCUT2D eigenvalue weighted by Gasteiger charge is -2.03. The lowest BCUT2D eigenvalue weighted by atomic mass is 10.2. The molecule has 0 spiro atoms. The lowest BCUT2D eigenvalue weighted by molar-refractivity contribution is -0.121. The van der Waals surface area contributed by atoms with Crippen LogP contribution < -0.4 is 0 Å². The Morgan fingerprint density at radius 1 is 1.50 bits per heavy atom. The van der Waals surface area contributed by atoms with Gasteiger partial charge in [-0.3, -0.25) is 9.69 Å². The molecular formula is C13H7BrClNO2S2. The van der Waals surface area contributed by atoms with Gasteiger partial charge in [0.1, 0.15) is 15.7 Å². The largest absolute Gasteiger partial charge is 0.455 e. The Bertz CT molecular complexity index is 784. The van der Waals surface area contributed by atoms with Crippen LogP contribution in [0, 0.1) is 0 Å². The molecule has 7 heteroatoms. The molecule has 1 amide bonds. The van der Waals surface area contributed by atoms with Gasteiger partial charge in [-0.25, -0.2) is 0 Å². The van der Waals surface area contributed by atoms with Gasteiger partial charge in [-0.15, -0.1) is 0 Å². The maximum absolute atomic E-state index is 12.0. The van der Waals surface area contributed by atoms with Crippen molar-refractivity contribution in [1.82, 2.24) is 4.90 Å². The zero-order valence-corrected chi connectivity index (χ0v) is 14.1. The number of thioether (sulfide) groups is 1. The van der Waals surface area contributed by atoms with Gasteiger partial charge in [0.05, 0.1) is 9.93 Å². The highest BCUT2D eigenvalue weighted by Crippen LogP contribution is 2.37. The number of rotatable bonds is 1. The van der Waals surface area contributed by atoms with Gasteiger partial charge >= 0.3 is 0 Å². The normalized spacial score (nSPS) is 17.8. The number of carbonyl (C=O) groups excluding carboxylic acids is 1. The van der Waals surface area contributed by atoms with Crippen LogP contribution in [0.25, 0.3) is 17.0 Å². The number of hydrogen-bond acceptors (Lipinski definition) is 4. The first-order chi connectivity index (χ1) is 9.47. The first-order valence-electron chi connectivity index (χ1n) is 5.56. The minimum absolute atomic E-state index is 0.141. The highest BCUT2D eigenvalue weighted by molar-refractivity contribution is 9.10. The Morgan fingerprint density at radius 3 is 2.90 bits per heavy atom. The predicted octanol–water partition coefficient (Wildman–Crippen LogP) is 4.68. The summed E-state index contributed by atoms with van der Waals surface area (Å²) in [7, 11) is 1.65. The Kier molecular flexibility index (Phi) is 3.66. The Morgan fingerprint density at radius 2 is 2.25 bits per heavy atom. The van der Waals surface area contributed by atoms with Gasteiger partial charge in [-0.05, 0) is 18.2 Å². The average Bonchev–Trinajstić information content (AvgIpc) is 2.84. The molecule has 0 N–H and O–H groups in total. The third-order valence-corrected chi connectivity index (χ3v) is 5.23. The zero-order chi connectivity index (χ0) is 14.4. The second-order valence-corrected chi connectivity index (χ2v) is 7.13. The average molecular weight is 389 g/mol. The van der Waals surface area contributed by atoms with Crippen LogP contribution in [-0.2, 0) is 4.79 Å². The van der Waals surface area contributed by atoms with Crippen molar-refractivity contribution < 1.29 is 9.21 Å². The molecule has 0 aliphatic carbocycles. The Balaban J connectivity index is 2.10. The van der Waals surface area contributed by atoms with Crippen molar-refractivity contribution in [2.24, 2.45) is 0 Å². The summed E-state index contributed by atoms with van der Waals surface area (Å²) in [4.78, 5) is 13.9. The summed E-state index contributed by atoms with van der Waals surface area (Å²) in [5, 5.41) is 1.29. The van der Waals surface area contributed by atoms with Gasteiger partial charge < -0.3 is 4.42 Å². The Labute approximate surface area is 138 Å². The summed E-state index contributed by atoms with van der Waals surface area (Å²) >= 11 is 16.0. The lowest BCUT2D eigenvalue weighted by Crippen LogP contribution is -2.22. The van der Waals surface area contributed by atoms with Gasteiger partial charge in [-0.2, -0.15) is 0 Å². The number of amides is 1. The van der Waals surface area contributed by atoms with Crippen molar-refractivity contribution in [3.63, 3.8) is 0 Å². The van der Waals surface area contributed by atoms with Gasteiger partial charge in [-0.1, -0.05) is 51.5 Å². The van der Waals surface area contributed by atoms with E-state index in [1.54, 1.807) is 13.1 Å². The third kappa shape index (κ3) is 2.30. The maximum Gasteiger partial charge on any atom is 0.266 e. The summed E-state index contributed by atoms with van der Waals surface area (Å²) in [6.07, 6.45) is 1.64. The quantitative estimate of drug-likeness (QED) is 0.524. The van der Waals surface area contributed by atoms with Crippen molar-refractivity contribution in [1.29, 1.82) is 0 Å². The molecule has 3 nitrogen and oxygen atoms in total. The van der Waals surface area contributed by atoms with Crippen LogP contribution in [0.2, 0.25) is 5.02 Å². The number of halogens is 2. The first-order valence-corrected chi connectivity index (χ1v) is 7.96. The van der Waals surface area contributed by atoms with Crippen LogP contribution in [0.3, 0.4) is 0 Å². The van der Waals surface area contributed by atoms with E-state index in [4.69, 9.17) is 28.2 Å². The molecule has 1 fully saturated rings. The van der Waals surface area contributed by atoms with Gasteiger partial charge in [0, 0.05) is 23.0 Å². The molecule has 1 aromatic carbocycles. The standard InChI is InChI=1S/C13H7BrClNO2S2/c1-16-12(17)10(20-13(16)19)5-9-11(15)7-4-6(14)2-3-8(7)18-9/h2-5H,1H3/b10-5-. The summed E-state index contributed by atoms with van der Waals surface area (Å²) in [5.41, 5.74) is 0.677. The number of likely N-dealkylation sites (N-methyl/N-ethyl adjacent to an activating group) is 1. The SMILES string of the molecule is CN1C(=O)/C(=C/c2oc3ccc(Br)cc3c2Cl)SC1=S. The molecule has 1 aliphatic rings. The highest BCUT2D eigenvalue weighted by atomic mass is 79.9. The Hall–Kier alpha value is -0.820. The highest BCUT2D eigenvalue weighted by Gasteiger charge is 2.29. The monoisotopic (exact) mass is 387 g/mol. The molecule has 1 saturated heterocycles. The molecule has 0 saturated carbocycles. The van der Waals surface area contributed by atoms with Gasteiger partial charge in [0.2, 0.25) is 0 Å². The maximum atomic E-state index is 12.0. The summed E-state index contributed by atoms with van der Waals surface area (Å²) in [6.45, 7) is 0. The van der Waals surface area contributed by atoms with Crippen LogP contribution in [0.1, 0.15) is 5.76 Å². The molecule has 20 heavy (non-hydrogen) atoms. The number of carbonyl (C=O) groups is 1. The second-order valence-electron chi connectivity index (χ2n) is 4.16. The van der Waals surface area contributed by atoms with Gasteiger partial charge in [0.25, 0.3) is 5.91 Å². The van der Waals surface area contributed by atoms with E-state index in [-0.39, 0.29) is 5.91 Å². The number of hydrogen-bond donors (Lipinski definition) is 0. The molecule has 2 heterocycles. The predicted molar refractivity (Wildman–Crippen MR) is 89.9 cm³/mol. The number of thiocarbonyl (C=S) groups is 1. The molecule has 0 bridgehead atoms. The topological polar surface area (TPSA) is 33.5 Å². The van der Waals surface area contributed by atoms with E-state index in [1.165, 1.54) is 16.7 Å². The molecule has 0 radical (unpaired) electrons. The van der Waals surface area contributed by atoms with Crippen molar-refractivity contribution in [3.05, 3.63) is 38.4 Å². The molecule has 102 valence electrons. The minimum atomic E-state index is -0.141. The molecule has 0 unspecified atom stereocenters.